The van der Waals surface area contributed by atoms with Crippen molar-refractivity contribution in [3.63, 3.8) is 0 Å². The van der Waals surface area contributed by atoms with Crippen molar-refractivity contribution in [3.8, 4) is 0 Å². The molecule has 22 aliphatic rings. The molecule has 90 heteroatoms. The number of fused-ring (bicyclic) bond motifs is 4. The first-order valence-corrected chi connectivity index (χ1v) is 48.2. The highest BCUT2D eigenvalue weighted by atomic mass is 32.3. The van der Waals surface area contributed by atoms with Gasteiger partial charge in [0.25, 0.3) is 28.9 Å². The second-order valence-electron chi connectivity index (χ2n) is 25.8. The van der Waals surface area contributed by atoms with E-state index in [4.69, 9.17) is 183 Å². The topological polar surface area (TPSA) is 908 Å². The maximum absolute atomic E-state index is 16.7. The molecule has 22 rings (SSSR count). The van der Waals surface area contributed by atoms with E-state index in [1.165, 1.54) is 0 Å². The Kier molecular flexibility index (Phi) is 23.4. The van der Waals surface area contributed by atoms with Crippen LogP contribution in [0.1, 0.15) is 0 Å². The molecule has 26 bridgehead atoms. The fraction of sp³-hybridized carbons (Fsp3) is 1.00. The molecule has 0 amide bonds. The summed E-state index contributed by atoms with van der Waals surface area (Å²) >= 11 is 0. The van der Waals surface area contributed by atoms with Crippen molar-refractivity contribution in [1.82, 2.24) is 0 Å². The van der Waals surface area contributed by atoms with Gasteiger partial charge in [0.2, 0.25) is 30.5 Å². The quantitative estimate of drug-likeness (QED) is 0.203. The van der Waals surface area contributed by atoms with Crippen LogP contribution in [0.2, 0.25) is 0 Å². The van der Waals surface area contributed by atoms with Crippen molar-refractivity contribution in [3.05, 3.63) is 0 Å². The van der Waals surface area contributed by atoms with E-state index in [9.17, 15) is 67.3 Å². The van der Waals surface area contributed by atoms with Gasteiger partial charge in [-0.25, -0.2) is 88.6 Å². The van der Waals surface area contributed by atoms with E-state index < -0.39 is 347 Å². The van der Waals surface area contributed by atoms with E-state index in [1.54, 1.807) is 0 Å². The van der Waals surface area contributed by atoms with Crippen LogP contribution in [0.25, 0.3) is 0 Å². The zero-order chi connectivity index (χ0) is 89.3. The van der Waals surface area contributed by atoms with Crippen molar-refractivity contribution in [2.45, 2.75) is 182 Å². The van der Waals surface area contributed by atoms with E-state index >= 15 is 33.7 Å². The Morgan fingerprint density at radius 1 is 0.183 bits per heavy atom. The molecular weight excluding hydrogens is 2070 g/mol. The van der Waals surface area contributed by atoms with Gasteiger partial charge in [-0.05, 0) is 0 Å². The summed E-state index contributed by atoms with van der Waals surface area (Å²) in [6.45, 7) is -13.6. The van der Waals surface area contributed by atoms with E-state index in [1.807, 2.05) is 0 Å². The molecule has 22 fully saturated rings. The summed E-state index contributed by atoms with van der Waals surface area (Å²) in [5.41, 5.74) is 0. The number of hydrogen-bond acceptors (Lipinski definition) is 78. The van der Waals surface area contributed by atoms with Crippen LogP contribution in [0, 0.1) is 0 Å². The minimum Gasteiger partial charge on any atom is -0.341 e. The third kappa shape index (κ3) is 16.9. The molecule has 22 saturated heterocycles. The summed E-state index contributed by atoms with van der Waals surface area (Å²) in [6.07, 6.45) is -92.3. The Bertz CT molecular complexity index is 5720. The molecule has 22 aliphatic heterocycles. The summed E-state index contributed by atoms with van der Waals surface area (Å²) < 4.78 is 545. The lowest BCUT2D eigenvalue weighted by atomic mass is 9.89. The molecule has 78 nitrogen and oxygen atoms in total. The van der Waals surface area contributed by atoms with Crippen LogP contribution in [0.4, 0.5) is 0 Å². The molecule has 22 heterocycles. The lowest BCUT2D eigenvalue weighted by molar-refractivity contribution is -0.556. The molecule has 5 spiro atoms. The predicted octanol–water partition coefficient (Wildman–Crippen LogP) is -14.7. The Labute approximate surface area is 692 Å². The molecule has 30 atom stereocenters. The minimum atomic E-state index is -8.00. The minimum absolute atomic E-state index is 1.83. The van der Waals surface area contributed by atoms with Crippen LogP contribution in [-0.4, -0.2) is 323 Å². The maximum Gasteiger partial charge on any atom is 0.453 e. The van der Waals surface area contributed by atoms with E-state index in [2.05, 4.69) is 65.0 Å². The molecule has 720 valence electrons. The SMILES string of the molecule is O=S1(=O)OOC[C@H]2O[C@@H]3O[C@H]4[C@H]5COOS(=O)(=O)OOC[C@H]6O[C@@H]7O[C@H]8[C@@H](COO1)O[C@@H]1O[C@@H]2[C@H]2OOS(=O)(=O)OO[C@]8(OS(=O)(=O)O[C@]48OOS(=O)(=O)OO[C@@]49OS(=O)(=O)O[C@@]%10%11OOS(=O)(=O)OO[C@]%12%13OS(=O)(=O)O[C@]%12%14O[C@H]%12O[C@H](COOS(=O)(=O)OOC[C@H]%14O[C@H](O[C@@H]64)[C@H]%13OOS(=O)(=O)OO[C@H]%12%10)[C@@H]%11O[C@@H](O5)[C@H]8OOS(=O)(=O)OO[C@H]79)[C@@H]1OOS(=O)(=O)OO[C@@H]32. The largest absolute Gasteiger partial charge is 0.453 e. The zero-order valence-corrected chi connectivity index (χ0v) is 67.6. The highest BCUT2D eigenvalue weighted by Gasteiger charge is 2.86. The standard InChI is InChI=1S/C36H36O78S12/c37-115(38)91-31-16-8-2-62-99-119(45,46)100-64-4-10-18-33(88-112-125(57,58)111-87-31)22(28(70-10)75-17-9-3-63-98-118(43,44)97-61-1-7-13-14-15(25(67-7)74-16)80-104-121(49,50)105-81-20(26(68-9)73-13)32(17,92-115)86-110-124(55,56)103-79-14)83-107-122(51,52)106-82-21(31)27(69-8)76-19-11-5-65-101-120(47,48)102-66-6-12-35-36(96-117(41,42)95-35)24(29(72-12)77-18)85-109-123(53,54)108-84-23(30(71-11)78-35)34(19,94-116(39,40)93-33)89-113-126(59,60)114-90-36/h7-30H,1-6H2/t7-,8-,9-,10-,11-,12-,13+,14-,15-,16+,17+,18+,19+,20-,21-,22-,23-,24-,25-,26-,27-,28-,29-,30-,31-,32-,33-,34-,35+,36-/m1/s1. The molecule has 0 aromatic carbocycles. The molecule has 0 aromatic rings. The van der Waals surface area contributed by atoms with Gasteiger partial charge in [0, 0.05) is 0 Å². The lowest BCUT2D eigenvalue weighted by Gasteiger charge is -2.57. The smallest absolute Gasteiger partial charge is 0.341 e. The van der Waals surface area contributed by atoms with Gasteiger partial charge in [0.1, 0.15) is 82.4 Å². The fourth-order valence-corrected chi connectivity index (χ4v) is 20.8. The summed E-state index contributed by atoms with van der Waals surface area (Å²) in [5, 5.41) is 0. The van der Waals surface area contributed by atoms with Crippen LogP contribution >= 0.6 is 0 Å². The third-order valence-corrected chi connectivity index (χ3v) is 25.5. The summed E-state index contributed by atoms with van der Waals surface area (Å²) in [5.74, 6) is -31.5. The molecule has 126 heavy (non-hydrogen) atoms. The zero-order valence-electron chi connectivity index (χ0n) is 57.8. The highest BCUT2D eigenvalue weighted by molar-refractivity contribution is 7.84. The second-order valence-corrected chi connectivity index (χ2v) is 39.1. The Balaban J connectivity index is 1.01. The molecular formula is C36H36O78S12. The summed E-state index contributed by atoms with van der Waals surface area (Å²) in [6, 6.07) is 0. The van der Waals surface area contributed by atoms with Crippen molar-refractivity contribution < 1.29 is 349 Å². The maximum atomic E-state index is 16.7. The molecule has 0 N–H and O–H groups in total. The molecule has 0 unspecified atom stereocenters. The number of hydrogen-bond donors (Lipinski definition) is 0. The molecule has 0 radical (unpaired) electrons. The van der Waals surface area contributed by atoms with Gasteiger partial charge in [-0.1, -0.05) is 78.0 Å². The average molecular weight is 2100 g/mol. The monoisotopic (exact) mass is 2100 g/mol. The predicted molar refractivity (Wildman–Crippen MR) is 302 cm³/mol. The van der Waals surface area contributed by atoms with Gasteiger partial charge in [-0.2, -0.15) is 125 Å². The van der Waals surface area contributed by atoms with Crippen molar-refractivity contribution in [1.29, 1.82) is 0 Å². The summed E-state index contributed by atoms with van der Waals surface area (Å²) in [7, 11) is -83.2. The van der Waals surface area contributed by atoms with E-state index in [0.717, 1.165) is 0 Å². The average Bonchev–Trinajstić information content (AvgIpc) is 1.47. The van der Waals surface area contributed by atoms with Crippen LogP contribution in [0.3, 0.4) is 0 Å². The van der Waals surface area contributed by atoms with Gasteiger partial charge in [0.15, 0.2) is 74.4 Å². The van der Waals surface area contributed by atoms with Gasteiger partial charge >= 0.3 is 131 Å². The Morgan fingerprint density at radius 2 is 0.452 bits per heavy atom. The number of ether oxygens (including phenoxy) is 12. The number of rotatable bonds is 0. The van der Waals surface area contributed by atoms with E-state index in [0.29, 0.717) is 0 Å². The molecule has 0 aliphatic carbocycles. The van der Waals surface area contributed by atoms with Gasteiger partial charge in [0.05, 0.1) is 0 Å². The second kappa shape index (κ2) is 31.9. The Hall–Kier alpha value is -2.76. The first-order valence-electron chi connectivity index (χ1n) is 32.2. The van der Waals surface area contributed by atoms with Crippen LogP contribution in [0.5, 0.6) is 0 Å². The molecule has 0 aromatic heterocycles. The van der Waals surface area contributed by atoms with Crippen molar-refractivity contribution in [2.24, 2.45) is 0 Å². The summed E-state index contributed by atoms with van der Waals surface area (Å²) in [4.78, 5) is 92.2. The highest BCUT2D eigenvalue weighted by Crippen LogP contribution is 2.60. The van der Waals surface area contributed by atoms with Crippen molar-refractivity contribution >= 4 is 125 Å². The van der Waals surface area contributed by atoms with Crippen LogP contribution in [0.15, 0.2) is 0 Å². The Morgan fingerprint density at radius 3 is 0.857 bits per heavy atom. The molecule has 0 saturated carbocycles. The van der Waals surface area contributed by atoms with Crippen LogP contribution < -0.4 is 0 Å². The third-order valence-electron chi connectivity index (χ3n) is 18.3. The first kappa shape index (κ1) is 92.3. The van der Waals surface area contributed by atoms with Crippen LogP contribution in [-0.2, 0) is 373 Å². The fourth-order valence-electron chi connectivity index (χ4n) is 13.9. The van der Waals surface area contributed by atoms with Gasteiger partial charge in [-0.15, -0.1) is 0 Å². The lowest BCUT2D eigenvalue weighted by Crippen LogP contribution is -2.80. The normalized spacial score (nSPS) is 50.7. The van der Waals surface area contributed by atoms with E-state index in [-0.39, 0.29) is 0 Å². The first-order chi connectivity index (χ1) is 58.9. The van der Waals surface area contributed by atoms with Gasteiger partial charge < -0.3 is 56.8 Å². The van der Waals surface area contributed by atoms with Gasteiger partial charge in [-0.3, -0.25) is 0 Å². The van der Waals surface area contributed by atoms with Crippen molar-refractivity contribution in [2.75, 3.05) is 39.6 Å².